The Morgan fingerprint density at radius 2 is 2.00 bits per heavy atom. The quantitative estimate of drug-likeness (QED) is 0.541. The molecular weight excluding hydrogens is 413 g/mol. The van der Waals surface area contributed by atoms with E-state index in [0.29, 0.717) is 26.8 Å². The Kier molecular flexibility index (Phi) is 4.25. The van der Waals surface area contributed by atoms with Crippen LogP contribution in [0, 0.1) is 17.1 Å². The highest BCUT2D eigenvalue weighted by Gasteiger charge is 2.18. The van der Waals surface area contributed by atoms with E-state index in [-0.39, 0.29) is 18.1 Å². The van der Waals surface area contributed by atoms with E-state index >= 15 is 0 Å². The maximum Gasteiger partial charge on any atom is 0.156 e. The van der Waals surface area contributed by atoms with Crippen LogP contribution in [0.25, 0.3) is 22.3 Å². The minimum absolute atomic E-state index is 0.0620. The summed E-state index contributed by atoms with van der Waals surface area (Å²) in [6.45, 7) is 0.0620. The Bertz CT molecular complexity index is 1210. The molecular formula is C18H11BrFN7. The molecule has 0 amide bonds. The van der Waals surface area contributed by atoms with Gasteiger partial charge in [-0.1, -0.05) is 12.1 Å². The summed E-state index contributed by atoms with van der Waals surface area (Å²) >= 11 is 3.51. The number of pyridine rings is 2. The molecule has 3 aromatic heterocycles. The predicted molar refractivity (Wildman–Crippen MR) is 101 cm³/mol. The second kappa shape index (κ2) is 6.74. The minimum atomic E-state index is -0.432. The molecule has 0 aliphatic rings. The third-order valence-electron chi connectivity index (χ3n) is 3.94. The number of rotatable bonds is 3. The Balaban J connectivity index is 1.82. The van der Waals surface area contributed by atoms with Crippen molar-refractivity contribution in [1.82, 2.24) is 25.0 Å². The van der Waals surface area contributed by atoms with E-state index in [2.05, 4.69) is 42.2 Å². The van der Waals surface area contributed by atoms with Crippen LogP contribution in [0.2, 0.25) is 0 Å². The normalized spacial score (nSPS) is 10.9. The van der Waals surface area contributed by atoms with Crippen molar-refractivity contribution in [3.8, 4) is 17.3 Å². The fraction of sp³-hybridized carbons (Fsp3) is 0.0556. The molecule has 0 saturated heterocycles. The molecule has 4 aromatic rings. The molecule has 7 nitrogen and oxygen atoms in total. The summed E-state index contributed by atoms with van der Waals surface area (Å²) in [5.41, 5.74) is 8.97. The van der Waals surface area contributed by atoms with Gasteiger partial charge in [-0.2, -0.15) is 15.2 Å². The van der Waals surface area contributed by atoms with Crippen molar-refractivity contribution < 1.29 is 4.39 Å². The smallest absolute Gasteiger partial charge is 0.156 e. The topological polar surface area (TPSA) is 106 Å². The standard InChI is InChI=1S/C18H11BrFN7/c19-14-15(11-4-1-3-10(7-11)8-21)24-18(22)17-16(14)25-27(26-17)9-13-12(20)5-2-6-23-13/h1-7H,9H2,(H2,22,24). The Morgan fingerprint density at radius 1 is 1.19 bits per heavy atom. The number of nitrogen functional groups attached to an aromatic ring is 1. The summed E-state index contributed by atoms with van der Waals surface area (Å²) in [5, 5.41) is 17.8. The molecule has 2 N–H and O–H groups in total. The van der Waals surface area contributed by atoms with Gasteiger partial charge < -0.3 is 5.73 Å². The van der Waals surface area contributed by atoms with Crippen molar-refractivity contribution in [2.45, 2.75) is 6.54 Å². The molecule has 0 spiro atoms. The SMILES string of the molecule is N#Cc1cccc(-c2nc(N)c3nn(Cc4ncccc4F)nc3c2Br)c1. The first-order chi connectivity index (χ1) is 13.1. The fourth-order valence-corrected chi connectivity index (χ4v) is 3.25. The Morgan fingerprint density at radius 3 is 2.78 bits per heavy atom. The number of fused-ring (bicyclic) bond motifs is 1. The van der Waals surface area contributed by atoms with Gasteiger partial charge in [0.2, 0.25) is 0 Å². The van der Waals surface area contributed by atoms with Gasteiger partial charge in [-0.05, 0) is 40.2 Å². The number of nitrogens with zero attached hydrogens (tertiary/aromatic N) is 6. The first-order valence-electron chi connectivity index (χ1n) is 7.86. The molecule has 0 unspecified atom stereocenters. The van der Waals surface area contributed by atoms with Gasteiger partial charge in [0.05, 0.1) is 27.5 Å². The summed E-state index contributed by atoms with van der Waals surface area (Å²) in [4.78, 5) is 9.74. The maximum atomic E-state index is 13.8. The minimum Gasteiger partial charge on any atom is -0.382 e. The number of nitrogens with two attached hydrogens (primary N) is 1. The molecule has 0 aliphatic heterocycles. The van der Waals surface area contributed by atoms with E-state index in [1.807, 2.05) is 6.07 Å². The fourth-order valence-electron chi connectivity index (χ4n) is 2.67. The lowest BCUT2D eigenvalue weighted by Gasteiger charge is -2.06. The molecule has 27 heavy (non-hydrogen) atoms. The highest BCUT2D eigenvalue weighted by atomic mass is 79.9. The Hall–Kier alpha value is -3.38. The molecule has 0 fully saturated rings. The zero-order valence-electron chi connectivity index (χ0n) is 13.8. The summed E-state index contributed by atoms with van der Waals surface area (Å²) < 4.78 is 14.4. The molecule has 0 atom stereocenters. The third-order valence-corrected chi connectivity index (χ3v) is 4.69. The lowest BCUT2D eigenvalue weighted by molar-refractivity contribution is 0.540. The van der Waals surface area contributed by atoms with Crippen molar-refractivity contribution in [2.24, 2.45) is 0 Å². The molecule has 1 aromatic carbocycles. The average Bonchev–Trinajstić information content (AvgIpc) is 3.11. The molecule has 9 heteroatoms. The largest absolute Gasteiger partial charge is 0.382 e. The van der Waals surface area contributed by atoms with Gasteiger partial charge in [-0.25, -0.2) is 9.37 Å². The molecule has 132 valence electrons. The number of anilines is 1. The molecule has 0 radical (unpaired) electrons. The lowest BCUT2D eigenvalue weighted by atomic mass is 10.1. The maximum absolute atomic E-state index is 13.8. The van der Waals surface area contributed by atoms with Gasteiger partial charge in [-0.15, -0.1) is 5.10 Å². The van der Waals surface area contributed by atoms with Crippen molar-refractivity contribution >= 4 is 32.8 Å². The number of nitriles is 1. The van der Waals surface area contributed by atoms with Crippen molar-refractivity contribution in [1.29, 1.82) is 5.26 Å². The van der Waals surface area contributed by atoms with Crippen LogP contribution in [0.4, 0.5) is 10.2 Å². The number of benzene rings is 1. The number of halogens is 2. The van der Waals surface area contributed by atoms with Gasteiger partial charge in [0.15, 0.2) is 11.3 Å². The van der Waals surface area contributed by atoms with Gasteiger partial charge in [0, 0.05) is 11.8 Å². The summed E-state index contributed by atoms with van der Waals surface area (Å²) in [6.07, 6.45) is 1.51. The van der Waals surface area contributed by atoms with Gasteiger partial charge in [-0.3, -0.25) is 4.98 Å². The van der Waals surface area contributed by atoms with Crippen LogP contribution in [0.1, 0.15) is 11.3 Å². The highest BCUT2D eigenvalue weighted by molar-refractivity contribution is 9.10. The molecule has 0 saturated carbocycles. The first-order valence-corrected chi connectivity index (χ1v) is 8.66. The van der Waals surface area contributed by atoms with E-state index in [1.165, 1.54) is 23.1 Å². The van der Waals surface area contributed by atoms with E-state index in [9.17, 15) is 4.39 Å². The lowest BCUT2D eigenvalue weighted by Crippen LogP contribution is -2.07. The van der Waals surface area contributed by atoms with Crippen LogP contribution in [-0.4, -0.2) is 25.0 Å². The number of hydrogen-bond acceptors (Lipinski definition) is 6. The molecule has 0 aliphatic carbocycles. The van der Waals surface area contributed by atoms with Gasteiger partial charge in [0.1, 0.15) is 17.9 Å². The molecule has 3 heterocycles. The number of aromatic nitrogens is 5. The predicted octanol–water partition coefficient (Wildman–Crippen LogP) is 3.29. The summed E-state index contributed by atoms with van der Waals surface area (Å²) in [5.74, 6) is -0.240. The van der Waals surface area contributed by atoms with E-state index in [4.69, 9.17) is 11.0 Å². The van der Waals surface area contributed by atoms with Crippen LogP contribution < -0.4 is 5.73 Å². The summed E-state index contributed by atoms with van der Waals surface area (Å²) in [7, 11) is 0. The second-order valence-electron chi connectivity index (χ2n) is 5.71. The average molecular weight is 424 g/mol. The monoisotopic (exact) mass is 423 g/mol. The van der Waals surface area contributed by atoms with Gasteiger partial charge in [0.25, 0.3) is 0 Å². The van der Waals surface area contributed by atoms with Crippen LogP contribution >= 0.6 is 15.9 Å². The van der Waals surface area contributed by atoms with Crippen LogP contribution in [0.5, 0.6) is 0 Å². The summed E-state index contributed by atoms with van der Waals surface area (Å²) in [6, 6.07) is 12.0. The van der Waals surface area contributed by atoms with Crippen LogP contribution in [-0.2, 0) is 6.54 Å². The van der Waals surface area contributed by atoms with Crippen LogP contribution in [0.15, 0.2) is 47.1 Å². The third kappa shape index (κ3) is 3.11. The number of hydrogen-bond donors (Lipinski definition) is 1. The van der Waals surface area contributed by atoms with E-state index in [0.717, 1.165) is 5.56 Å². The van der Waals surface area contributed by atoms with Crippen molar-refractivity contribution in [3.63, 3.8) is 0 Å². The van der Waals surface area contributed by atoms with Crippen molar-refractivity contribution in [3.05, 3.63) is 64.1 Å². The zero-order chi connectivity index (χ0) is 19.0. The highest BCUT2D eigenvalue weighted by Crippen LogP contribution is 2.34. The Labute approximate surface area is 161 Å². The van der Waals surface area contributed by atoms with Crippen LogP contribution in [0.3, 0.4) is 0 Å². The molecule has 4 rings (SSSR count). The van der Waals surface area contributed by atoms with Gasteiger partial charge >= 0.3 is 0 Å². The van der Waals surface area contributed by atoms with Crippen molar-refractivity contribution in [2.75, 3.05) is 5.73 Å². The zero-order valence-corrected chi connectivity index (χ0v) is 15.4. The first kappa shape index (κ1) is 17.1. The second-order valence-corrected chi connectivity index (χ2v) is 6.50. The molecule has 0 bridgehead atoms. The van der Waals surface area contributed by atoms with E-state index < -0.39 is 5.82 Å². The van der Waals surface area contributed by atoms with E-state index in [1.54, 1.807) is 18.2 Å².